The summed E-state index contributed by atoms with van der Waals surface area (Å²) in [5.41, 5.74) is 1.82. The minimum absolute atomic E-state index is 0.0146. The molecule has 0 aliphatic heterocycles. The van der Waals surface area contributed by atoms with E-state index in [-0.39, 0.29) is 22.8 Å². The molecule has 0 aliphatic rings. The van der Waals surface area contributed by atoms with Crippen molar-refractivity contribution in [1.82, 2.24) is 0 Å². The second kappa shape index (κ2) is 8.94. The van der Waals surface area contributed by atoms with Gasteiger partial charge in [-0.3, -0.25) is 8.37 Å². The van der Waals surface area contributed by atoms with Crippen molar-refractivity contribution in [2.45, 2.75) is 36.2 Å². The van der Waals surface area contributed by atoms with E-state index < -0.39 is 32.9 Å². The summed E-state index contributed by atoms with van der Waals surface area (Å²) in [5, 5.41) is 9.84. The van der Waals surface area contributed by atoms with Crippen LogP contribution in [-0.2, 0) is 28.6 Å². The van der Waals surface area contributed by atoms with Crippen LogP contribution in [0.5, 0.6) is 0 Å². The van der Waals surface area contributed by atoms with Gasteiger partial charge in [0.2, 0.25) is 0 Å². The Morgan fingerprint density at radius 1 is 0.778 bits per heavy atom. The van der Waals surface area contributed by atoms with E-state index in [4.69, 9.17) is 8.37 Å². The maximum atomic E-state index is 12.0. The zero-order chi connectivity index (χ0) is 20.1. The van der Waals surface area contributed by atoms with Gasteiger partial charge in [0, 0.05) is 6.42 Å². The third-order valence-electron chi connectivity index (χ3n) is 3.72. The van der Waals surface area contributed by atoms with Crippen molar-refractivity contribution in [2.75, 3.05) is 13.2 Å². The van der Waals surface area contributed by atoms with Crippen LogP contribution in [0, 0.1) is 13.8 Å². The predicted molar refractivity (Wildman–Crippen MR) is 99.3 cm³/mol. The molecule has 0 aromatic heterocycles. The van der Waals surface area contributed by atoms with Gasteiger partial charge < -0.3 is 5.11 Å². The fourth-order valence-electron chi connectivity index (χ4n) is 2.09. The monoisotopic (exact) mass is 414 g/mol. The molecule has 0 radical (unpaired) electrons. The first-order valence-electron chi connectivity index (χ1n) is 8.20. The number of aliphatic hydroxyl groups is 1. The van der Waals surface area contributed by atoms with Gasteiger partial charge in [-0.25, -0.2) is 0 Å². The molecule has 0 heterocycles. The van der Waals surface area contributed by atoms with Crippen molar-refractivity contribution in [1.29, 1.82) is 0 Å². The summed E-state index contributed by atoms with van der Waals surface area (Å²) < 4.78 is 57.8. The molecule has 0 saturated carbocycles. The zero-order valence-corrected chi connectivity index (χ0v) is 16.7. The summed E-state index contributed by atoms with van der Waals surface area (Å²) in [4.78, 5) is -0.000660. The van der Waals surface area contributed by atoms with Gasteiger partial charge in [0.05, 0.1) is 29.1 Å². The van der Waals surface area contributed by atoms with Gasteiger partial charge in [0.15, 0.2) is 0 Å². The minimum Gasteiger partial charge on any atom is -0.391 e. The third kappa shape index (κ3) is 6.40. The van der Waals surface area contributed by atoms with Crippen LogP contribution in [0.25, 0.3) is 0 Å². The predicted octanol–water partition coefficient (Wildman–Crippen LogP) is 2.17. The van der Waals surface area contributed by atoms with E-state index in [2.05, 4.69) is 0 Å². The lowest BCUT2D eigenvalue weighted by Gasteiger charge is -2.12. The van der Waals surface area contributed by atoms with Crippen molar-refractivity contribution in [3.8, 4) is 0 Å². The van der Waals surface area contributed by atoms with E-state index in [1.54, 1.807) is 24.3 Å². The fraction of sp³-hybridized carbons (Fsp3) is 0.333. The molecule has 1 N–H and O–H groups in total. The number of aryl methyl sites for hydroxylation is 2. The number of benzene rings is 2. The van der Waals surface area contributed by atoms with Gasteiger partial charge >= 0.3 is 0 Å². The number of hydrogen-bond acceptors (Lipinski definition) is 7. The lowest BCUT2D eigenvalue weighted by molar-refractivity contribution is 0.0892. The van der Waals surface area contributed by atoms with E-state index in [1.807, 2.05) is 13.8 Å². The summed E-state index contributed by atoms with van der Waals surface area (Å²) in [6, 6.07) is 12.2. The summed E-state index contributed by atoms with van der Waals surface area (Å²) >= 11 is 0. The molecule has 1 atom stereocenters. The third-order valence-corrected chi connectivity index (χ3v) is 6.35. The fourth-order valence-corrected chi connectivity index (χ4v) is 3.95. The van der Waals surface area contributed by atoms with Crippen LogP contribution in [0.3, 0.4) is 0 Å². The first-order chi connectivity index (χ1) is 12.6. The average molecular weight is 415 g/mol. The molecule has 1 unspecified atom stereocenters. The molecule has 9 heteroatoms. The molecule has 7 nitrogen and oxygen atoms in total. The van der Waals surface area contributed by atoms with Gasteiger partial charge in [0.25, 0.3) is 20.2 Å². The Bertz CT molecular complexity index is 948. The van der Waals surface area contributed by atoms with Crippen molar-refractivity contribution >= 4 is 20.2 Å². The molecule has 2 rings (SSSR count). The van der Waals surface area contributed by atoms with Gasteiger partial charge in [-0.2, -0.15) is 16.8 Å². The zero-order valence-electron chi connectivity index (χ0n) is 15.0. The summed E-state index contributed by atoms with van der Waals surface area (Å²) in [6.07, 6.45) is -1.30. The Kier molecular flexibility index (Phi) is 7.12. The highest BCUT2D eigenvalue weighted by molar-refractivity contribution is 7.87. The summed E-state index contributed by atoms with van der Waals surface area (Å²) in [7, 11) is -7.92. The molecule has 2 aromatic carbocycles. The first-order valence-corrected chi connectivity index (χ1v) is 11.0. The van der Waals surface area contributed by atoms with Crippen LogP contribution in [0.1, 0.15) is 17.5 Å². The van der Waals surface area contributed by atoms with Crippen molar-refractivity contribution < 1.29 is 30.3 Å². The van der Waals surface area contributed by atoms with E-state index in [1.165, 1.54) is 24.3 Å². The molecule has 148 valence electrons. The molecule has 0 fully saturated rings. The Labute approximate surface area is 159 Å². The largest absolute Gasteiger partial charge is 0.391 e. The van der Waals surface area contributed by atoms with E-state index in [0.717, 1.165) is 11.1 Å². The van der Waals surface area contributed by atoms with Crippen LogP contribution in [-0.4, -0.2) is 41.3 Å². The van der Waals surface area contributed by atoms with Gasteiger partial charge in [-0.1, -0.05) is 35.4 Å². The van der Waals surface area contributed by atoms with E-state index >= 15 is 0 Å². The summed E-state index contributed by atoms with van der Waals surface area (Å²) in [6.45, 7) is 2.86. The first kappa shape index (κ1) is 21.5. The van der Waals surface area contributed by atoms with Gasteiger partial charge in [0.1, 0.15) is 0 Å². The van der Waals surface area contributed by atoms with Crippen LogP contribution >= 0.6 is 0 Å². The quantitative estimate of drug-likeness (QED) is 0.627. The molecule has 2 aromatic rings. The molecular weight excluding hydrogens is 392 g/mol. The van der Waals surface area contributed by atoms with Crippen LogP contribution < -0.4 is 0 Å². The SMILES string of the molecule is Cc1ccc(S(=O)(=O)OCCC(O)COS(=O)(=O)c2ccc(C)cc2)cc1. The molecule has 27 heavy (non-hydrogen) atoms. The molecule has 0 saturated heterocycles. The second-order valence-electron chi connectivity index (χ2n) is 6.08. The minimum atomic E-state index is -3.99. The molecule has 0 amide bonds. The highest BCUT2D eigenvalue weighted by Crippen LogP contribution is 2.15. The highest BCUT2D eigenvalue weighted by atomic mass is 32.2. The average Bonchev–Trinajstić information content (AvgIpc) is 2.61. The highest BCUT2D eigenvalue weighted by Gasteiger charge is 2.19. The van der Waals surface area contributed by atoms with Gasteiger partial charge in [-0.15, -0.1) is 0 Å². The Morgan fingerprint density at radius 2 is 1.19 bits per heavy atom. The number of rotatable bonds is 9. The standard InChI is InChI=1S/C18H22O7S2/c1-14-3-7-17(8-4-14)26(20,21)24-12-11-16(19)13-25-27(22,23)18-9-5-15(2)6-10-18/h3-10,16,19H,11-13H2,1-2H3. The lowest BCUT2D eigenvalue weighted by Crippen LogP contribution is -2.21. The maximum Gasteiger partial charge on any atom is 0.297 e. The van der Waals surface area contributed by atoms with Crippen LogP contribution in [0.4, 0.5) is 0 Å². The van der Waals surface area contributed by atoms with Crippen molar-refractivity contribution in [3.63, 3.8) is 0 Å². The number of hydrogen-bond donors (Lipinski definition) is 1. The molecule has 0 aliphatic carbocycles. The van der Waals surface area contributed by atoms with Crippen LogP contribution in [0.2, 0.25) is 0 Å². The Balaban J connectivity index is 1.83. The lowest BCUT2D eigenvalue weighted by atomic mass is 10.2. The van der Waals surface area contributed by atoms with E-state index in [9.17, 15) is 21.9 Å². The van der Waals surface area contributed by atoms with Gasteiger partial charge in [-0.05, 0) is 38.1 Å². The maximum absolute atomic E-state index is 12.0. The topological polar surface area (TPSA) is 107 Å². The molecule has 0 bridgehead atoms. The normalized spacial score (nSPS) is 13.4. The van der Waals surface area contributed by atoms with Crippen LogP contribution in [0.15, 0.2) is 58.3 Å². The molecular formula is C18H22O7S2. The van der Waals surface area contributed by atoms with E-state index in [0.29, 0.717) is 0 Å². The second-order valence-corrected chi connectivity index (χ2v) is 9.31. The van der Waals surface area contributed by atoms with Crippen molar-refractivity contribution in [2.24, 2.45) is 0 Å². The van der Waals surface area contributed by atoms with Crippen molar-refractivity contribution in [3.05, 3.63) is 59.7 Å². The smallest absolute Gasteiger partial charge is 0.297 e. The Hall–Kier alpha value is -1.78. The molecule has 0 spiro atoms. The summed E-state index contributed by atoms with van der Waals surface area (Å²) in [5.74, 6) is 0. The Morgan fingerprint density at radius 3 is 1.63 bits per heavy atom. The number of aliphatic hydroxyl groups excluding tert-OH is 1.